The molecule has 0 unspecified atom stereocenters. The zero-order chi connectivity index (χ0) is 13.7. The lowest BCUT2D eigenvalue weighted by molar-refractivity contribution is 0.0534. The van der Waals surface area contributed by atoms with E-state index < -0.39 is 0 Å². The number of nitrogens with one attached hydrogen (secondary N) is 1. The van der Waals surface area contributed by atoms with E-state index in [9.17, 15) is 0 Å². The normalized spacial score (nSPS) is 25.1. The summed E-state index contributed by atoms with van der Waals surface area (Å²) in [6.07, 6.45) is 6.60. The molecule has 0 radical (unpaired) electrons. The zero-order valence-corrected chi connectivity index (χ0v) is 12.4. The molecule has 2 rings (SSSR count). The molecule has 4 heteroatoms. The minimum absolute atomic E-state index is 0.436. The van der Waals surface area contributed by atoms with Gasteiger partial charge in [0, 0.05) is 38.1 Å². The molecule has 0 saturated carbocycles. The highest BCUT2D eigenvalue weighted by Crippen LogP contribution is 2.26. The summed E-state index contributed by atoms with van der Waals surface area (Å²) in [5.74, 6) is 1.29. The van der Waals surface area contributed by atoms with Gasteiger partial charge in [-0.15, -0.1) is 0 Å². The van der Waals surface area contributed by atoms with Crippen molar-refractivity contribution in [1.29, 1.82) is 0 Å². The van der Waals surface area contributed by atoms with Crippen molar-refractivity contribution in [3.8, 4) is 0 Å². The van der Waals surface area contributed by atoms with Gasteiger partial charge in [0.25, 0.3) is 0 Å². The largest absolute Gasteiger partial charge is 0.378 e. The quantitative estimate of drug-likeness (QED) is 0.822. The van der Waals surface area contributed by atoms with E-state index in [1.165, 1.54) is 6.42 Å². The summed E-state index contributed by atoms with van der Waals surface area (Å²) < 4.78 is 7.82. The van der Waals surface area contributed by atoms with Gasteiger partial charge in [0.15, 0.2) is 0 Å². The van der Waals surface area contributed by atoms with Gasteiger partial charge in [-0.05, 0) is 37.7 Å². The van der Waals surface area contributed by atoms with Gasteiger partial charge in [-0.3, -0.25) is 4.68 Å². The van der Waals surface area contributed by atoms with Gasteiger partial charge in [-0.2, -0.15) is 5.10 Å². The maximum absolute atomic E-state index is 5.82. The van der Waals surface area contributed by atoms with E-state index >= 15 is 0 Å². The summed E-state index contributed by atoms with van der Waals surface area (Å²) in [7, 11) is 0. The number of nitrogens with zero attached hydrogens (tertiary/aromatic N) is 2. The Kier molecular flexibility index (Phi) is 5.40. The van der Waals surface area contributed by atoms with Crippen molar-refractivity contribution in [2.45, 2.75) is 52.3 Å². The number of hydrogen-bond acceptors (Lipinski definition) is 3. The molecule has 1 aliphatic rings. The molecule has 1 aromatic heterocycles. The Labute approximate surface area is 116 Å². The number of aromatic nitrogens is 2. The van der Waals surface area contributed by atoms with Crippen molar-refractivity contribution in [2.75, 3.05) is 13.2 Å². The summed E-state index contributed by atoms with van der Waals surface area (Å²) in [4.78, 5) is 0. The molecular weight excluding hydrogens is 238 g/mol. The molecule has 1 N–H and O–H groups in total. The molecule has 1 fully saturated rings. The lowest BCUT2D eigenvalue weighted by Crippen LogP contribution is -2.36. The second kappa shape index (κ2) is 7.06. The zero-order valence-electron chi connectivity index (χ0n) is 12.4. The first-order chi connectivity index (χ1) is 9.16. The fourth-order valence-electron chi connectivity index (χ4n) is 2.82. The third kappa shape index (κ3) is 4.32. The van der Waals surface area contributed by atoms with Crippen LogP contribution >= 0.6 is 0 Å². The van der Waals surface area contributed by atoms with E-state index in [0.29, 0.717) is 24.0 Å². The molecule has 4 nitrogen and oxygen atoms in total. The third-order valence-corrected chi connectivity index (χ3v) is 4.00. The van der Waals surface area contributed by atoms with Crippen molar-refractivity contribution in [3.63, 3.8) is 0 Å². The maximum atomic E-state index is 5.82. The van der Waals surface area contributed by atoms with Crippen molar-refractivity contribution in [3.05, 3.63) is 18.5 Å². The predicted octanol–water partition coefficient (Wildman–Crippen LogP) is 2.31. The van der Waals surface area contributed by atoms with Crippen molar-refractivity contribution in [2.24, 2.45) is 11.8 Å². The first-order valence-electron chi connectivity index (χ1n) is 7.49. The highest BCUT2D eigenvalue weighted by molar-refractivity contribution is 4.82. The summed E-state index contributed by atoms with van der Waals surface area (Å²) in [6.45, 7) is 9.74. The van der Waals surface area contributed by atoms with E-state index in [0.717, 1.165) is 26.1 Å². The number of ether oxygens (including phenoxy) is 1. The smallest absolute Gasteiger partial charge is 0.0639 e. The first-order valence-corrected chi connectivity index (χ1v) is 7.49. The third-order valence-electron chi connectivity index (χ3n) is 4.00. The molecule has 0 bridgehead atoms. The summed E-state index contributed by atoms with van der Waals surface area (Å²) in [6, 6.07) is 2.50. The van der Waals surface area contributed by atoms with Crippen LogP contribution in [0.3, 0.4) is 0 Å². The van der Waals surface area contributed by atoms with Gasteiger partial charge in [0.05, 0.1) is 6.10 Å². The molecule has 3 atom stereocenters. The Bertz CT molecular complexity index is 350. The first kappa shape index (κ1) is 14.5. The molecule has 0 amide bonds. The van der Waals surface area contributed by atoms with Crippen molar-refractivity contribution in [1.82, 2.24) is 15.1 Å². The number of aryl methyl sites for hydroxylation is 1. The van der Waals surface area contributed by atoms with Crippen LogP contribution in [0.5, 0.6) is 0 Å². The average molecular weight is 265 g/mol. The standard InChI is InChI=1S/C15H27N3O/c1-12(2)15-14(6-10-19-15)11-16-13(3)5-9-18-8-4-7-17-18/h4,7-8,12-16H,5-6,9-11H2,1-3H3/t13-,14-,15-/m1/s1. The molecular formula is C15H27N3O. The van der Waals surface area contributed by atoms with Crippen LogP contribution in [0.25, 0.3) is 0 Å². The Morgan fingerprint density at radius 1 is 1.42 bits per heavy atom. The molecule has 0 spiro atoms. The molecule has 2 heterocycles. The highest BCUT2D eigenvalue weighted by Gasteiger charge is 2.30. The highest BCUT2D eigenvalue weighted by atomic mass is 16.5. The van der Waals surface area contributed by atoms with Gasteiger partial charge in [-0.1, -0.05) is 13.8 Å². The summed E-state index contributed by atoms with van der Waals surface area (Å²) >= 11 is 0. The summed E-state index contributed by atoms with van der Waals surface area (Å²) in [5.41, 5.74) is 0. The second-order valence-electron chi connectivity index (χ2n) is 6.00. The van der Waals surface area contributed by atoms with Crippen LogP contribution in [0.1, 0.15) is 33.6 Å². The van der Waals surface area contributed by atoms with Crippen LogP contribution in [0.2, 0.25) is 0 Å². The van der Waals surface area contributed by atoms with Gasteiger partial charge in [0.1, 0.15) is 0 Å². The lowest BCUT2D eigenvalue weighted by atomic mass is 9.93. The van der Waals surface area contributed by atoms with Gasteiger partial charge < -0.3 is 10.1 Å². The topological polar surface area (TPSA) is 39.1 Å². The number of hydrogen-bond donors (Lipinski definition) is 1. The number of rotatable bonds is 7. The fraction of sp³-hybridized carbons (Fsp3) is 0.800. The monoisotopic (exact) mass is 265 g/mol. The van der Waals surface area contributed by atoms with E-state index in [-0.39, 0.29) is 0 Å². The lowest BCUT2D eigenvalue weighted by Gasteiger charge is -2.24. The SMILES string of the molecule is CC(C)[C@H]1OCC[C@@H]1CN[C@H](C)CCn1cccn1. The molecule has 19 heavy (non-hydrogen) atoms. The van der Waals surface area contributed by atoms with E-state index in [1.54, 1.807) is 0 Å². The maximum Gasteiger partial charge on any atom is 0.0639 e. The van der Waals surface area contributed by atoms with Crippen LogP contribution in [0.4, 0.5) is 0 Å². The van der Waals surface area contributed by atoms with Crippen molar-refractivity contribution < 1.29 is 4.74 Å². The average Bonchev–Trinajstić information content (AvgIpc) is 3.04. The van der Waals surface area contributed by atoms with Gasteiger partial charge in [0.2, 0.25) is 0 Å². The van der Waals surface area contributed by atoms with Crippen LogP contribution in [-0.2, 0) is 11.3 Å². The van der Waals surface area contributed by atoms with Crippen LogP contribution < -0.4 is 5.32 Å². The molecule has 108 valence electrons. The Morgan fingerprint density at radius 2 is 2.26 bits per heavy atom. The fourth-order valence-corrected chi connectivity index (χ4v) is 2.82. The van der Waals surface area contributed by atoms with E-state index in [4.69, 9.17) is 4.74 Å². The van der Waals surface area contributed by atoms with E-state index in [2.05, 4.69) is 31.2 Å². The van der Waals surface area contributed by atoms with Crippen LogP contribution in [0, 0.1) is 11.8 Å². The molecule has 0 aromatic carbocycles. The molecule has 1 aliphatic heterocycles. The Hall–Kier alpha value is -0.870. The van der Waals surface area contributed by atoms with E-state index in [1.807, 2.05) is 23.1 Å². The predicted molar refractivity (Wildman–Crippen MR) is 77.0 cm³/mol. The second-order valence-corrected chi connectivity index (χ2v) is 6.00. The van der Waals surface area contributed by atoms with Crippen LogP contribution in [-0.4, -0.2) is 35.1 Å². The molecule has 1 aromatic rings. The Morgan fingerprint density at radius 3 is 2.95 bits per heavy atom. The van der Waals surface area contributed by atoms with Gasteiger partial charge >= 0.3 is 0 Å². The minimum atomic E-state index is 0.436. The molecule has 0 aliphatic carbocycles. The minimum Gasteiger partial charge on any atom is -0.378 e. The van der Waals surface area contributed by atoms with Crippen molar-refractivity contribution >= 4 is 0 Å². The molecule has 1 saturated heterocycles. The van der Waals surface area contributed by atoms with Crippen LogP contribution in [0.15, 0.2) is 18.5 Å². The summed E-state index contributed by atoms with van der Waals surface area (Å²) in [5, 5.41) is 7.88. The Balaban J connectivity index is 1.67. The van der Waals surface area contributed by atoms with Gasteiger partial charge in [-0.25, -0.2) is 0 Å².